The summed E-state index contributed by atoms with van der Waals surface area (Å²) in [5.41, 5.74) is 5.24. The van der Waals surface area contributed by atoms with Crippen LogP contribution in [-0.4, -0.2) is 3.96 Å². The third-order valence-corrected chi connectivity index (χ3v) is 1.60. The SMILES string of the molecule is Cn1sc(N)cc1=O. The second-order valence-corrected chi connectivity index (χ2v) is 2.68. The number of hydrogen-bond donors (Lipinski definition) is 1. The predicted molar refractivity (Wildman–Crippen MR) is 34.0 cm³/mol. The summed E-state index contributed by atoms with van der Waals surface area (Å²) >= 11 is 1.25. The molecule has 0 aliphatic heterocycles. The predicted octanol–water partition coefficient (Wildman–Crippen LogP) is 0.0290. The van der Waals surface area contributed by atoms with E-state index >= 15 is 0 Å². The van der Waals surface area contributed by atoms with Gasteiger partial charge in [-0.1, -0.05) is 0 Å². The molecular weight excluding hydrogens is 124 g/mol. The Kier molecular flexibility index (Phi) is 1.09. The summed E-state index contributed by atoms with van der Waals surface area (Å²) in [4.78, 5) is 10.5. The van der Waals surface area contributed by atoms with Crippen LogP contribution in [0.1, 0.15) is 0 Å². The van der Waals surface area contributed by atoms with Gasteiger partial charge in [0, 0.05) is 13.1 Å². The maximum absolute atomic E-state index is 10.5. The second kappa shape index (κ2) is 1.63. The molecule has 0 aliphatic carbocycles. The Morgan fingerprint density at radius 1 is 1.88 bits per heavy atom. The zero-order valence-corrected chi connectivity index (χ0v) is 5.23. The van der Waals surface area contributed by atoms with E-state index in [2.05, 4.69) is 0 Å². The van der Waals surface area contributed by atoms with Gasteiger partial charge >= 0.3 is 0 Å². The summed E-state index contributed by atoms with van der Waals surface area (Å²) < 4.78 is 1.48. The molecule has 0 spiro atoms. The van der Waals surface area contributed by atoms with E-state index in [1.54, 1.807) is 7.05 Å². The van der Waals surface area contributed by atoms with Crippen LogP contribution in [0.5, 0.6) is 0 Å². The Hall–Kier alpha value is -0.770. The lowest BCUT2D eigenvalue weighted by Crippen LogP contribution is -2.05. The zero-order valence-electron chi connectivity index (χ0n) is 4.42. The van der Waals surface area contributed by atoms with Crippen LogP contribution in [0.2, 0.25) is 0 Å². The topological polar surface area (TPSA) is 48.0 Å². The van der Waals surface area contributed by atoms with Crippen LogP contribution in [-0.2, 0) is 7.05 Å². The molecule has 0 saturated heterocycles. The van der Waals surface area contributed by atoms with Gasteiger partial charge in [0.05, 0.1) is 0 Å². The number of aryl methyl sites for hydroxylation is 1. The first-order valence-electron chi connectivity index (χ1n) is 2.13. The highest BCUT2D eigenvalue weighted by Crippen LogP contribution is 2.02. The van der Waals surface area contributed by atoms with E-state index in [4.69, 9.17) is 5.73 Å². The average Bonchev–Trinajstić information content (AvgIpc) is 1.85. The third kappa shape index (κ3) is 0.742. The number of nitrogens with zero attached hydrogens (tertiary/aromatic N) is 1. The van der Waals surface area contributed by atoms with Gasteiger partial charge in [-0.2, -0.15) is 0 Å². The summed E-state index contributed by atoms with van der Waals surface area (Å²) in [7, 11) is 1.68. The molecule has 1 aromatic heterocycles. The molecule has 0 amide bonds. The monoisotopic (exact) mass is 130 g/mol. The number of hydrogen-bond acceptors (Lipinski definition) is 3. The van der Waals surface area contributed by atoms with Crippen molar-refractivity contribution in [3.63, 3.8) is 0 Å². The Morgan fingerprint density at radius 2 is 2.50 bits per heavy atom. The largest absolute Gasteiger partial charge is 0.389 e. The van der Waals surface area contributed by atoms with Gasteiger partial charge < -0.3 is 5.73 Å². The molecular formula is C4H6N2OS. The summed E-state index contributed by atoms with van der Waals surface area (Å²) in [5, 5.41) is 0.567. The van der Waals surface area contributed by atoms with Crippen LogP contribution in [0.4, 0.5) is 5.00 Å². The van der Waals surface area contributed by atoms with Crippen molar-refractivity contribution in [2.75, 3.05) is 5.73 Å². The van der Waals surface area contributed by atoms with Crippen molar-refractivity contribution < 1.29 is 0 Å². The molecule has 0 unspecified atom stereocenters. The van der Waals surface area contributed by atoms with Gasteiger partial charge in [-0.25, -0.2) is 0 Å². The van der Waals surface area contributed by atoms with Crippen molar-refractivity contribution in [2.24, 2.45) is 7.05 Å². The minimum Gasteiger partial charge on any atom is -0.389 e. The first kappa shape index (κ1) is 5.37. The molecule has 8 heavy (non-hydrogen) atoms. The van der Waals surface area contributed by atoms with E-state index in [1.807, 2.05) is 0 Å². The summed E-state index contributed by atoms with van der Waals surface area (Å²) in [5.74, 6) is 0. The number of aromatic nitrogens is 1. The lowest BCUT2D eigenvalue weighted by molar-refractivity contribution is 0.981. The maximum Gasteiger partial charge on any atom is 0.262 e. The minimum atomic E-state index is -0.0347. The fourth-order valence-electron chi connectivity index (χ4n) is 0.442. The molecule has 0 atom stereocenters. The molecule has 4 heteroatoms. The van der Waals surface area contributed by atoms with Gasteiger partial charge in [-0.05, 0) is 11.5 Å². The quantitative estimate of drug-likeness (QED) is 0.538. The fourth-order valence-corrected chi connectivity index (χ4v) is 1.05. The normalized spacial score (nSPS) is 9.62. The van der Waals surface area contributed by atoms with Gasteiger partial charge in [-0.15, -0.1) is 0 Å². The Labute approximate surface area is 50.5 Å². The van der Waals surface area contributed by atoms with Crippen LogP contribution >= 0.6 is 11.5 Å². The van der Waals surface area contributed by atoms with Gasteiger partial charge in [0.2, 0.25) is 0 Å². The Bertz CT molecular complexity index is 236. The van der Waals surface area contributed by atoms with Crippen molar-refractivity contribution >= 4 is 16.5 Å². The molecule has 2 N–H and O–H groups in total. The summed E-state index contributed by atoms with van der Waals surface area (Å²) in [6.07, 6.45) is 0. The molecule has 0 aliphatic rings. The van der Waals surface area contributed by atoms with E-state index in [-0.39, 0.29) is 5.56 Å². The van der Waals surface area contributed by atoms with Crippen LogP contribution in [0.25, 0.3) is 0 Å². The smallest absolute Gasteiger partial charge is 0.262 e. The van der Waals surface area contributed by atoms with E-state index in [1.165, 1.54) is 21.6 Å². The van der Waals surface area contributed by atoms with E-state index in [9.17, 15) is 4.79 Å². The van der Waals surface area contributed by atoms with Gasteiger partial charge in [0.25, 0.3) is 5.56 Å². The molecule has 0 aromatic carbocycles. The van der Waals surface area contributed by atoms with Crippen molar-refractivity contribution in [3.05, 3.63) is 16.4 Å². The third-order valence-electron chi connectivity index (χ3n) is 0.818. The second-order valence-electron chi connectivity index (χ2n) is 1.47. The molecule has 0 radical (unpaired) electrons. The van der Waals surface area contributed by atoms with E-state index in [0.29, 0.717) is 5.00 Å². The number of nitrogen functional groups attached to an aromatic ring is 1. The Balaban J connectivity index is 3.35. The number of anilines is 1. The van der Waals surface area contributed by atoms with Gasteiger partial charge in [-0.3, -0.25) is 8.75 Å². The van der Waals surface area contributed by atoms with Crippen LogP contribution in [0.3, 0.4) is 0 Å². The lowest BCUT2D eigenvalue weighted by Gasteiger charge is -1.78. The van der Waals surface area contributed by atoms with E-state index < -0.39 is 0 Å². The number of nitrogens with two attached hydrogens (primary N) is 1. The van der Waals surface area contributed by atoms with Crippen LogP contribution in [0, 0.1) is 0 Å². The van der Waals surface area contributed by atoms with Crippen molar-refractivity contribution in [1.29, 1.82) is 0 Å². The molecule has 0 fully saturated rings. The highest BCUT2D eigenvalue weighted by Gasteiger charge is 1.92. The summed E-state index contributed by atoms with van der Waals surface area (Å²) in [6.45, 7) is 0. The van der Waals surface area contributed by atoms with Crippen molar-refractivity contribution in [2.45, 2.75) is 0 Å². The van der Waals surface area contributed by atoms with Crippen molar-refractivity contribution in [3.8, 4) is 0 Å². The lowest BCUT2D eigenvalue weighted by atomic mass is 10.7. The minimum absolute atomic E-state index is 0.0347. The van der Waals surface area contributed by atoms with Crippen molar-refractivity contribution in [1.82, 2.24) is 3.96 Å². The first-order chi connectivity index (χ1) is 3.70. The average molecular weight is 130 g/mol. The molecule has 0 saturated carbocycles. The fraction of sp³-hybridized carbons (Fsp3) is 0.250. The molecule has 1 heterocycles. The molecule has 3 nitrogen and oxygen atoms in total. The number of rotatable bonds is 0. The molecule has 1 aromatic rings. The van der Waals surface area contributed by atoms with E-state index in [0.717, 1.165) is 0 Å². The Morgan fingerprint density at radius 3 is 2.62 bits per heavy atom. The van der Waals surface area contributed by atoms with Gasteiger partial charge in [0.15, 0.2) is 0 Å². The highest BCUT2D eigenvalue weighted by molar-refractivity contribution is 7.10. The first-order valence-corrected chi connectivity index (χ1v) is 2.90. The zero-order chi connectivity index (χ0) is 6.15. The standard InChI is InChI=1S/C4H6N2OS/c1-6-4(7)2-3(5)8-6/h2H,5H2,1H3. The molecule has 1 rings (SSSR count). The summed E-state index contributed by atoms with van der Waals surface area (Å²) in [6, 6.07) is 1.41. The maximum atomic E-state index is 10.5. The van der Waals surface area contributed by atoms with Crippen LogP contribution in [0.15, 0.2) is 10.9 Å². The van der Waals surface area contributed by atoms with Crippen LogP contribution < -0.4 is 11.3 Å². The molecule has 0 bridgehead atoms. The highest BCUT2D eigenvalue weighted by atomic mass is 32.1. The molecule has 44 valence electrons. The van der Waals surface area contributed by atoms with Gasteiger partial charge in [0.1, 0.15) is 5.00 Å².